The quantitative estimate of drug-likeness (QED) is 0.367. The minimum atomic E-state index is -0.0878. The van der Waals surface area contributed by atoms with Crippen LogP contribution in [0.2, 0.25) is 0 Å². The van der Waals surface area contributed by atoms with Gasteiger partial charge in [-0.15, -0.1) is 0 Å². The third-order valence-electron chi connectivity index (χ3n) is 5.99. The van der Waals surface area contributed by atoms with Crippen LogP contribution in [-0.2, 0) is 11.2 Å². The van der Waals surface area contributed by atoms with Crippen LogP contribution in [-0.4, -0.2) is 36.3 Å². The summed E-state index contributed by atoms with van der Waals surface area (Å²) in [4.78, 5) is 31.4. The van der Waals surface area contributed by atoms with E-state index in [4.69, 9.17) is 5.73 Å². The molecule has 0 radical (unpaired) electrons. The number of fused-ring (bicyclic) bond motifs is 1. The lowest BCUT2D eigenvalue weighted by Gasteiger charge is -2.27. The highest BCUT2D eigenvalue weighted by atomic mass is 16.2. The van der Waals surface area contributed by atoms with Crippen molar-refractivity contribution in [2.45, 2.75) is 6.42 Å². The summed E-state index contributed by atoms with van der Waals surface area (Å²) in [6.07, 6.45) is 1.88. The Labute approximate surface area is 192 Å². The van der Waals surface area contributed by atoms with Crippen molar-refractivity contribution in [3.8, 4) is 11.1 Å². The molecule has 0 unspecified atom stereocenters. The number of anilines is 2. The maximum atomic E-state index is 13.0. The van der Waals surface area contributed by atoms with Crippen LogP contribution in [0.3, 0.4) is 0 Å². The summed E-state index contributed by atoms with van der Waals surface area (Å²) in [7, 11) is 0. The van der Waals surface area contributed by atoms with Gasteiger partial charge in [-0.25, -0.2) is 0 Å². The molecule has 1 aromatic heterocycles. The van der Waals surface area contributed by atoms with E-state index in [0.29, 0.717) is 24.5 Å². The van der Waals surface area contributed by atoms with Gasteiger partial charge in [-0.05, 0) is 52.4 Å². The van der Waals surface area contributed by atoms with Crippen molar-refractivity contribution >= 4 is 33.8 Å². The largest absolute Gasteiger partial charge is 0.398 e. The highest BCUT2D eigenvalue weighted by Gasteiger charge is 2.19. The molecule has 2 heterocycles. The number of ketones is 1. The number of nitrogens with zero attached hydrogens (tertiary/aromatic N) is 2. The number of nitrogen functional groups attached to an aromatic ring is 1. The van der Waals surface area contributed by atoms with Crippen LogP contribution in [0, 0.1) is 0 Å². The van der Waals surface area contributed by atoms with Gasteiger partial charge in [0.15, 0.2) is 5.78 Å². The number of aromatic nitrogens is 1. The van der Waals surface area contributed by atoms with Gasteiger partial charge in [0.25, 0.3) is 0 Å². The number of hydrogen-bond donors (Lipinski definition) is 2. The standard InChI is InChI=1S/C27H24N4O2/c28-24-9-7-19(18-4-2-1-3-5-18)12-21(24)15-26(32)25-14-20-6-8-23(13-22(20)16-30-25)31-11-10-29-17-27(31)33/h1-9,12-14,16,29H,10-11,15,17,28H2. The molecule has 1 saturated heterocycles. The summed E-state index contributed by atoms with van der Waals surface area (Å²) >= 11 is 0. The highest BCUT2D eigenvalue weighted by molar-refractivity contribution is 6.01. The summed E-state index contributed by atoms with van der Waals surface area (Å²) in [6, 6.07) is 23.4. The molecule has 6 heteroatoms. The minimum Gasteiger partial charge on any atom is -0.398 e. The normalized spacial score (nSPS) is 13.9. The number of nitrogens with one attached hydrogen (secondary N) is 1. The summed E-state index contributed by atoms with van der Waals surface area (Å²) < 4.78 is 0. The molecule has 0 bridgehead atoms. The first-order valence-corrected chi connectivity index (χ1v) is 11.0. The number of pyridine rings is 1. The molecule has 3 aromatic carbocycles. The molecule has 0 atom stereocenters. The number of amides is 1. The fourth-order valence-electron chi connectivity index (χ4n) is 4.16. The number of carbonyl (C=O) groups is 2. The van der Waals surface area contributed by atoms with E-state index >= 15 is 0 Å². The van der Waals surface area contributed by atoms with E-state index in [9.17, 15) is 9.59 Å². The maximum Gasteiger partial charge on any atom is 0.240 e. The van der Waals surface area contributed by atoms with E-state index in [1.54, 1.807) is 17.2 Å². The molecule has 33 heavy (non-hydrogen) atoms. The van der Waals surface area contributed by atoms with Crippen LogP contribution in [0.1, 0.15) is 16.1 Å². The van der Waals surface area contributed by atoms with Gasteiger partial charge in [0.2, 0.25) is 5.91 Å². The third-order valence-corrected chi connectivity index (χ3v) is 5.99. The van der Waals surface area contributed by atoms with Gasteiger partial charge in [-0.1, -0.05) is 42.5 Å². The van der Waals surface area contributed by atoms with E-state index in [1.165, 1.54) is 0 Å². The van der Waals surface area contributed by atoms with Gasteiger partial charge >= 0.3 is 0 Å². The van der Waals surface area contributed by atoms with Crippen molar-refractivity contribution in [3.63, 3.8) is 0 Å². The number of piperazine rings is 1. The predicted octanol–water partition coefficient (Wildman–Crippen LogP) is 3.85. The summed E-state index contributed by atoms with van der Waals surface area (Å²) in [5.74, 6) is -0.0363. The fraction of sp³-hybridized carbons (Fsp3) is 0.148. The fourth-order valence-corrected chi connectivity index (χ4v) is 4.16. The molecule has 0 spiro atoms. The molecule has 3 N–H and O–H groups in total. The molecule has 0 aliphatic carbocycles. The van der Waals surface area contributed by atoms with E-state index in [-0.39, 0.29) is 18.1 Å². The SMILES string of the molecule is Nc1ccc(-c2ccccc2)cc1CC(=O)c1cc2ccc(N3CCNCC3=O)cc2cn1. The molecule has 1 amide bonds. The average Bonchev–Trinajstić information content (AvgIpc) is 2.85. The Hall–Kier alpha value is -4.03. The topological polar surface area (TPSA) is 88.3 Å². The van der Waals surface area contributed by atoms with E-state index in [2.05, 4.69) is 10.3 Å². The van der Waals surface area contributed by atoms with Crippen LogP contribution in [0.4, 0.5) is 11.4 Å². The lowest BCUT2D eigenvalue weighted by Crippen LogP contribution is -2.48. The van der Waals surface area contributed by atoms with Crippen molar-refractivity contribution in [1.82, 2.24) is 10.3 Å². The van der Waals surface area contributed by atoms with E-state index < -0.39 is 0 Å². The van der Waals surface area contributed by atoms with Crippen LogP contribution >= 0.6 is 0 Å². The van der Waals surface area contributed by atoms with Crippen LogP contribution in [0.15, 0.2) is 79.0 Å². The van der Waals surface area contributed by atoms with Crippen LogP contribution in [0.5, 0.6) is 0 Å². The van der Waals surface area contributed by atoms with Gasteiger partial charge in [0.1, 0.15) is 5.69 Å². The van der Waals surface area contributed by atoms with Gasteiger partial charge in [0, 0.05) is 42.5 Å². The first-order chi connectivity index (χ1) is 16.1. The first kappa shape index (κ1) is 20.8. The molecular weight excluding hydrogens is 412 g/mol. The van der Waals surface area contributed by atoms with Crippen LogP contribution in [0.25, 0.3) is 21.9 Å². The Morgan fingerprint density at radius 1 is 0.970 bits per heavy atom. The lowest BCUT2D eigenvalue weighted by molar-refractivity contribution is -0.118. The number of rotatable bonds is 5. The van der Waals surface area contributed by atoms with Crippen molar-refractivity contribution in [1.29, 1.82) is 0 Å². The smallest absolute Gasteiger partial charge is 0.240 e. The molecule has 6 nitrogen and oxygen atoms in total. The van der Waals surface area contributed by atoms with Crippen molar-refractivity contribution in [3.05, 3.63) is 90.3 Å². The third kappa shape index (κ3) is 4.33. The average molecular weight is 437 g/mol. The van der Waals surface area contributed by atoms with Gasteiger partial charge in [-0.3, -0.25) is 14.6 Å². The Kier molecular flexibility index (Phi) is 5.59. The number of nitrogens with two attached hydrogens (primary N) is 1. The van der Waals surface area contributed by atoms with Gasteiger partial charge in [-0.2, -0.15) is 0 Å². The first-order valence-electron chi connectivity index (χ1n) is 11.0. The molecule has 1 aliphatic rings. The highest BCUT2D eigenvalue weighted by Crippen LogP contribution is 2.26. The predicted molar refractivity (Wildman–Crippen MR) is 131 cm³/mol. The molecule has 1 aliphatic heterocycles. The molecule has 0 saturated carbocycles. The maximum absolute atomic E-state index is 13.0. The number of benzene rings is 3. The van der Waals surface area contributed by atoms with Crippen molar-refractivity contribution < 1.29 is 9.59 Å². The zero-order chi connectivity index (χ0) is 22.8. The molecule has 1 fully saturated rings. The number of hydrogen-bond acceptors (Lipinski definition) is 5. The Balaban J connectivity index is 1.39. The summed E-state index contributed by atoms with van der Waals surface area (Å²) in [5, 5.41) is 4.88. The monoisotopic (exact) mass is 436 g/mol. The van der Waals surface area contributed by atoms with Crippen molar-refractivity contribution in [2.75, 3.05) is 30.3 Å². The second-order valence-corrected chi connectivity index (χ2v) is 8.20. The van der Waals surface area contributed by atoms with E-state index in [1.807, 2.05) is 66.7 Å². The molecule has 4 aromatic rings. The number of Topliss-reactive ketones (excluding diaryl/α,β-unsaturated/α-hetero) is 1. The van der Waals surface area contributed by atoms with Crippen LogP contribution < -0.4 is 16.0 Å². The number of carbonyl (C=O) groups excluding carboxylic acids is 2. The second kappa shape index (κ2) is 8.84. The molecular formula is C27H24N4O2. The molecule has 5 rings (SSSR count). The second-order valence-electron chi connectivity index (χ2n) is 8.20. The zero-order valence-electron chi connectivity index (χ0n) is 18.1. The van der Waals surface area contributed by atoms with Gasteiger partial charge < -0.3 is 16.0 Å². The molecule has 164 valence electrons. The van der Waals surface area contributed by atoms with E-state index in [0.717, 1.165) is 39.7 Å². The lowest BCUT2D eigenvalue weighted by atomic mass is 9.98. The Morgan fingerprint density at radius 2 is 1.82 bits per heavy atom. The summed E-state index contributed by atoms with van der Waals surface area (Å²) in [5.41, 5.74) is 10.9. The Morgan fingerprint density at radius 3 is 2.64 bits per heavy atom. The zero-order valence-corrected chi connectivity index (χ0v) is 18.1. The van der Waals surface area contributed by atoms with Gasteiger partial charge in [0.05, 0.1) is 6.54 Å². The Bertz CT molecular complexity index is 1350. The summed E-state index contributed by atoms with van der Waals surface area (Å²) in [6.45, 7) is 1.75. The van der Waals surface area contributed by atoms with Crippen molar-refractivity contribution in [2.24, 2.45) is 0 Å². The minimum absolute atomic E-state index is 0.0516.